The summed E-state index contributed by atoms with van der Waals surface area (Å²) >= 11 is 0. The molecule has 0 spiro atoms. The molecule has 6 heteroatoms. The molecule has 0 fully saturated rings. The fraction of sp³-hybridized carbons (Fsp3) is 0.118. The lowest BCUT2D eigenvalue weighted by Crippen LogP contribution is -2.20. The van der Waals surface area contributed by atoms with Gasteiger partial charge in [0.1, 0.15) is 17.2 Å². The third-order valence-electron chi connectivity index (χ3n) is 3.42. The maximum absolute atomic E-state index is 12.8. The van der Waals surface area contributed by atoms with Crippen molar-refractivity contribution in [3.63, 3.8) is 0 Å². The number of aromatic nitrogens is 2. The summed E-state index contributed by atoms with van der Waals surface area (Å²) in [5, 5.41) is 3.90. The molecule has 0 radical (unpaired) electrons. The predicted octanol–water partition coefficient (Wildman–Crippen LogP) is 2.85. The number of hydrogen-bond acceptors (Lipinski definition) is 3. The molecule has 0 aliphatic heterocycles. The molecule has 0 aliphatic carbocycles. The van der Waals surface area contributed by atoms with Gasteiger partial charge in [0, 0.05) is 6.20 Å². The second kappa shape index (κ2) is 6.00. The van der Waals surface area contributed by atoms with E-state index in [0.717, 1.165) is 11.2 Å². The number of fused-ring (bicyclic) bond motifs is 1. The molecule has 0 saturated carbocycles. The summed E-state index contributed by atoms with van der Waals surface area (Å²) < 4.78 is 14.5. The van der Waals surface area contributed by atoms with E-state index in [0.29, 0.717) is 17.0 Å². The first kappa shape index (κ1) is 14.9. The number of imidazole rings is 1. The highest BCUT2D eigenvalue weighted by Crippen LogP contribution is 2.13. The summed E-state index contributed by atoms with van der Waals surface area (Å²) in [6, 6.07) is 9.64. The number of halogens is 1. The number of nitrogens with one attached hydrogen (secondary N) is 1. The Balaban J connectivity index is 1.81. The quantitative estimate of drug-likeness (QED) is 0.597. The zero-order valence-electron chi connectivity index (χ0n) is 12.7. The third-order valence-corrected chi connectivity index (χ3v) is 3.42. The van der Waals surface area contributed by atoms with Gasteiger partial charge >= 0.3 is 0 Å². The van der Waals surface area contributed by atoms with Crippen molar-refractivity contribution >= 4 is 17.8 Å². The van der Waals surface area contributed by atoms with Crippen LogP contribution < -0.4 is 5.43 Å². The van der Waals surface area contributed by atoms with E-state index in [4.69, 9.17) is 0 Å². The normalized spacial score (nSPS) is 11.3. The van der Waals surface area contributed by atoms with Crippen molar-refractivity contribution in [3.8, 4) is 0 Å². The van der Waals surface area contributed by atoms with Crippen LogP contribution in [0.25, 0.3) is 5.65 Å². The van der Waals surface area contributed by atoms with Crippen molar-refractivity contribution in [2.24, 2.45) is 5.10 Å². The molecule has 3 aromatic rings. The van der Waals surface area contributed by atoms with Gasteiger partial charge in [0.25, 0.3) is 5.91 Å². The molecule has 1 aromatic carbocycles. The highest BCUT2D eigenvalue weighted by Gasteiger charge is 2.15. The Morgan fingerprint density at radius 2 is 2.00 bits per heavy atom. The second-order valence-corrected chi connectivity index (χ2v) is 5.23. The van der Waals surface area contributed by atoms with Crippen LogP contribution >= 0.6 is 0 Å². The molecule has 1 amide bonds. The molecule has 23 heavy (non-hydrogen) atoms. The van der Waals surface area contributed by atoms with Crippen LogP contribution in [-0.4, -0.2) is 21.5 Å². The Kier molecular flexibility index (Phi) is 3.89. The molecule has 5 nitrogen and oxygen atoms in total. The number of hydrazone groups is 1. The Hall–Kier alpha value is -3.02. The molecule has 116 valence electrons. The number of carbonyl (C=O) groups is 1. The molecule has 0 saturated heterocycles. The monoisotopic (exact) mass is 310 g/mol. The Bertz CT molecular complexity index is 897. The number of hydrogen-bond donors (Lipinski definition) is 1. The first-order valence-corrected chi connectivity index (χ1v) is 7.09. The SMILES string of the molecule is Cc1ccn2c(C(=O)N/N=C\c3ccc(F)cc3)c(C)nc2c1. The molecular weight excluding hydrogens is 295 g/mol. The second-order valence-electron chi connectivity index (χ2n) is 5.23. The van der Waals surface area contributed by atoms with Crippen LogP contribution in [0, 0.1) is 19.7 Å². The van der Waals surface area contributed by atoms with Crippen molar-refractivity contribution in [2.75, 3.05) is 0 Å². The predicted molar refractivity (Wildman–Crippen MR) is 86.1 cm³/mol. The van der Waals surface area contributed by atoms with Crippen molar-refractivity contribution < 1.29 is 9.18 Å². The molecule has 3 rings (SSSR count). The van der Waals surface area contributed by atoms with Crippen molar-refractivity contribution in [2.45, 2.75) is 13.8 Å². The van der Waals surface area contributed by atoms with Gasteiger partial charge in [-0.25, -0.2) is 14.8 Å². The van der Waals surface area contributed by atoms with E-state index in [-0.39, 0.29) is 11.7 Å². The van der Waals surface area contributed by atoms with E-state index in [1.807, 2.05) is 25.3 Å². The zero-order valence-corrected chi connectivity index (χ0v) is 12.7. The number of benzene rings is 1. The largest absolute Gasteiger partial charge is 0.295 e. The number of pyridine rings is 1. The van der Waals surface area contributed by atoms with Gasteiger partial charge in [-0.05, 0) is 49.2 Å². The van der Waals surface area contributed by atoms with Gasteiger partial charge in [0.2, 0.25) is 0 Å². The molecule has 0 aliphatic rings. The van der Waals surface area contributed by atoms with E-state index in [9.17, 15) is 9.18 Å². The Labute approximate surface area is 132 Å². The highest BCUT2D eigenvalue weighted by atomic mass is 19.1. The molecule has 2 aromatic heterocycles. The van der Waals surface area contributed by atoms with E-state index in [1.54, 1.807) is 23.5 Å². The maximum atomic E-state index is 12.8. The van der Waals surface area contributed by atoms with Crippen LogP contribution in [0.3, 0.4) is 0 Å². The molecule has 1 N–H and O–H groups in total. The molecule has 2 heterocycles. The van der Waals surface area contributed by atoms with E-state index in [1.165, 1.54) is 18.3 Å². The fourth-order valence-electron chi connectivity index (χ4n) is 2.31. The van der Waals surface area contributed by atoms with Crippen LogP contribution in [0.2, 0.25) is 0 Å². The standard InChI is InChI=1S/C17H15FN4O/c1-11-7-8-22-15(9-11)20-12(2)16(22)17(23)21-19-10-13-3-5-14(18)6-4-13/h3-10H,1-2H3,(H,21,23)/b19-10-. The van der Waals surface area contributed by atoms with Gasteiger partial charge in [0.15, 0.2) is 0 Å². The zero-order chi connectivity index (χ0) is 16.4. The summed E-state index contributed by atoms with van der Waals surface area (Å²) in [7, 11) is 0. The van der Waals surface area contributed by atoms with Gasteiger partial charge in [0.05, 0.1) is 11.9 Å². The van der Waals surface area contributed by atoms with Gasteiger partial charge < -0.3 is 0 Å². The average molecular weight is 310 g/mol. The van der Waals surface area contributed by atoms with Crippen LogP contribution in [-0.2, 0) is 0 Å². The molecular formula is C17H15FN4O. The van der Waals surface area contributed by atoms with Crippen LogP contribution in [0.1, 0.15) is 27.3 Å². The first-order valence-electron chi connectivity index (χ1n) is 7.09. The maximum Gasteiger partial charge on any atom is 0.290 e. The number of amides is 1. The lowest BCUT2D eigenvalue weighted by molar-refractivity contribution is 0.0948. The topological polar surface area (TPSA) is 58.8 Å². The minimum absolute atomic E-state index is 0.317. The first-order chi connectivity index (χ1) is 11.0. The third kappa shape index (κ3) is 3.11. The van der Waals surface area contributed by atoms with Crippen LogP contribution in [0.5, 0.6) is 0 Å². The van der Waals surface area contributed by atoms with Crippen molar-refractivity contribution in [1.29, 1.82) is 0 Å². The lowest BCUT2D eigenvalue weighted by Gasteiger charge is -2.02. The smallest absolute Gasteiger partial charge is 0.290 e. The Morgan fingerprint density at radius 3 is 2.74 bits per heavy atom. The van der Waals surface area contributed by atoms with E-state index < -0.39 is 0 Å². The number of aryl methyl sites for hydroxylation is 2. The van der Waals surface area contributed by atoms with Crippen molar-refractivity contribution in [3.05, 3.63) is 70.9 Å². The summed E-state index contributed by atoms with van der Waals surface area (Å²) in [5.41, 5.74) is 6.02. The van der Waals surface area contributed by atoms with Gasteiger partial charge in [-0.2, -0.15) is 5.10 Å². The fourth-order valence-corrected chi connectivity index (χ4v) is 2.31. The van der Waals surface area contributed by atoms with Gasteiger partial charge in [-0.1, -0.05) is 12.1 Å². The summed E-state index contributed by atoms with van der Waals surface area (Å²) in [6.07, 6.45) is 3.27. The van der Waals surface area contributed by atoms with E-state index >= 15 is 0 Å². The van der Waals surface area contributed by atoms with Gasteiger partial charge in [-0.15, -0.1) is 0 Å². The lowest BCUT2D eigenvalue weighted by atomic mass is 10.2. The summed E-state index contributed by atoms with van der Waals surface area (Å²) in [6.45, 7) is 3.75. The number of nitrogens with zero attached hydrogens (tertiary/aromatic N) is 3. The summed E-state index contributed by atoms with van der Waals surface area (Å²) in [5.74, 6) is -0.667. The van der Waals surface area contributed by atoms with Crippen LogP contribution in [0.4, 0.5) is 4.39 Å². The van der Waals surface area contributed by atoms with E-state index in [2.05, 4.69) is 15.5 Å². The summed E-state index contributed by atoms with van der Waals surface area (Å²) in [4.78, 5) is 16.7. The minimum Gasteiger partial charge on any atom is -0.295 e. The van der Waals surface area contributed by atoms with Gasteiger partial charge in [-0.3, -0.25) is 9.20 Å². The average Bonchev–Trinajstić information content (AvgIpc) is 2.84. The van der Waals surface area contributed by atoms with Crippen molar-refractivity contribution in [1.82, 2.24) is 14.8 Å². The van der Waals surface area contributed by atoms with Crippen LogP contribution in [0.15, 0.2) is 47.7 Å². The number of rotatable bonds is 3. The Morgan fingerprint density at radius 1 is 1.26 bits per heavy atom. The minimum atomic E-state index is -0.350. The number of carbonyl (C=O) groups excluding carboxylic acids is 1. The highest BCUT2D eigenvalue weighted by molar-refractivity contribution is 5.95. The molecule has 0 unspecified atom stereocenters. The molecule has 0 atom stereocenters. The molecule has 0 bridgehead atoms.